The Balaban J connectivity index is 1.83. The highest BCUT2D eigenvalue weighted by Crippen LogP contribution is 2.44. The number of aromatic nitrogens is 1. The minimum absolute atomic E-state index is 0.188. The number of halogens is 1. The molecule has 0 radical (unpaired) electrons. The Morgan fingerprint density at radius 2 is 2.22 bits per heavy atom. The van der Waals surface area contributed by atoms with E-state index in [0.29, 0.717) is 18.8 Å². The number of hydrogen-bond acceptors (Lipinski definition) is 4. The van der Waals surface area contributed by atoms with Gasteiger partial charge >= 0.3 is 5.97 Å². The number of carbonyl (C=O) groups excluding carboxylic acids is 1. The average molecular weight is 423 g/mol. The molecule has 1 N–H and O–H groups in total. The molecular formula is C18H18INO3. The van der Waals surface area contributed by atoms with E-state index in [1.54, 1.807) is 0 Å². The molecule has 0 aliphatic heterocycles. The molecule has 23 heavy (non-hydrogen) atoms. The summed E-state index contributed by atoms with van der Waals surface area (Å²) >= 11 is 2.37. The number of esters is 1. The number of pyridine rings is 1. The second kappa shape index (κ2) is 5.41. The van der Waals surface area contributed by atoms with Gasteiger partial charge in [0.1, 0.15) is 0 Å². The van der Waals surface area contributed by atoms with Gasteiger partial charge in [-0.1, -0.05) is 0 Å². The van der Waals surface area contributed by atoms with Crippen LogP contribution in [0.1, 0.15) is 35.6 Å². The van der Waals surface area contributed by atoms with Crippen molar-refractivity contribution in [3.05, 3.63) is 38.7 Å². The second-order valence-electron chi connectivity index (χ2n) is 6.72. The Morgan fingerprint density at radius 3 is 2.87 bits per heavy atom. The average Bonchev–Trinajstić information content (AvgIpc) is 3.35. The first-order chi connectivity index (χ1) is 11.1. The van der Waals surface area contributed by atoms with Gasteiger partial charge < -0.3 is 9.84 Å². The molecule has 1 atom stereocenters. The van der Waals surface area contributed by atoms with E-state index in [1.807, 2.05) is 6.20 Å². The summed E-state index contributed by atoms with van der Waals surface area (Å²) in [5.74, 6) is 0.294. The minimum Gasteiger partial charge on any atom is -0.469 e. The van der Waals surface area contributed by atoms with Gasteiger partial charge in [-0.15, -0.1) is 0 Å². The molecule has 2 aliphatic rings. The maximum atomic E-state index is 12.2. The third-order valence-electron chi connectivity index (χ3n) is 5.14. The van der Waals surface area contributed by atoms with Gasteiger partial charge in [-0.3, -0.25) is 9.78 Å². The van der Waals surface area contributed by atoms with Crippen LogP contribution in [-0.4, -0.2) is 29.8 Å². The lowest BCUT2D eigenvalue weighted by molar-refractivity contribution is -0.154. The number of fused-ring (bicyclic) bond motifs is 2. The largest absolute Gasteiger partial charge is 0.469 e. The monoisotopic (exact) mass is 423 g/mol. The van der Waals surface area contributed by atoms with E-state index in [1.165, 1.54) is 40.2 Å². The molecule has 2 aliphatic carbocycles. The van der Waals surface area contributed by atoms with E-state index in [-0.39, 0.29) is 12.6 Å². The Labute approximate surface area is 148 Å². The maximum absolute atomic E-state index is 12.2. The molecular weight excluding hydrogens is 405 g/mol. The number of aliphatic hydroxyl groups is 1. The zero-order valence-electron chi connectivity index (χ0n) is 12.9. The van der Waals surface area contributed by atoms with Crippen LogP contribution in [-0.2, 0) is 22.4 Å². The SMILES string of the molecule is COC(=O)C1(CO)Cc2cc3cnc(C4CC4)cc3c(I)c2C1. The summed E-state index contributed by atoms with van der Waals surface area (Å²) in [5, 5.41) is 12.1. The van der Waals surface area contributed by atoms with Crippen molar-refractivity contribution in [1.29, 1.82) is 0 Å². The summed E-state index contributed by atoms with van der Waals surface area (Å²) < 4.78 is 6.12. The summed E-state index contributed by atoms with van der Waals surface area (Å²) in [7, 11) is 1.38. The highest BCUT2D eigenvalue weighted by Gasteiger charge is 2.45. The number of methoxy groups -OCH3 is 1. The van der Waals surface area contributed by atoms with Crippen LogP contribution < -0.4 is 0 Å². The summed E-state index contributed by atoms with van der Waals surface area (Å²) in [6.07, 6.45) is 5.48. The van der Waals surface area contributed by atoms with Crippen LogP contribution in [0.15, 0.2) is 18.3 Å². The lowest BCUT2D eigenvalue weighted by atomic mass is 9.86. The zero-order chi connectivity index (χ0) is 16.2. The predicted molar refractivity (Wildman–Crippen MR) is 95.4 cm³/mol. The fourth-order valence-corrected chi connectivity index (χ4v) is 4.62. The molecule has 4 rings (SSSR count). The lowest BCUT2D eigenvalue weighted by Gasteiger charge is -2.22. The first kappa shape index (κ1) is 15.3. The normalized spacial score (nSPS) is 23.1. The number of aliphatic hydroxyl groups excluding tert-OH is 1. The summed E-state index contributed by atoms with van der Waals surface area (Å²) in [6, 6.07) is 4.32. The van der Waals surface area contributed by atoms with E-state index < -0.39 is 5.41 Å². The van der Waals surface area contributed by atoms with Crippen molar-refractivity contribution < 1.29 is 14.6 Å². The summed E-state index contributed by atoms with van der Waals surface area (Å²) in [4.78, 5) is 16.8. The number of hydrogen-bond donors (Lipinski definition) is 1. The molecule has 1 aromatic carbocycles. The second-order valence-corrected chi connectivity index (χ2v) is 7.80. The number of benzene rings is 1. The Morgan fingerprint density at radius 1 is 1.43 bits per heavy atom. The highest BCUT2D eigenvalue weighted by molar-refractivity contribution is 14.1. The van der Waals surface area contributed by atoms with Gasteiger partial charge in [-0.05, 0) is 76.9 Å². The summed E-state index contributed by atoms with van der Waals surface area (Å²) in [5.41, 5.74) is 2.64. The third kappa shape index (κ3) is 2.36. The molecule has 5 heteroatoms. The fourth-order valence-electron chi connectivity index (χ4n) is 3.62. The van der Waals surface area contributed by atoms with Gasteiger partial charge in [0.15, 0.2) is 0 Å². The van der Waals surface area contributed by atoms with Crippen LogP contribution in [0.3, 0.4) is 0 Å². The van der Waals surface area contributed by atoms with Gasteiger partial charge in [0.25, 0.3) is 0 Å². The molecule has 1 saturated carbocycles. The van der Waals surface area contributed by atoms with Crippen molar-refractivity contribution in [3.8, 4) is 0 Å². The first-order valence-corrected chi connectivity index (χ1v) is 8.95. The molecule has 0 bridgehead atoms. The molecule has 120 valence electrons. The third-order valence-corrected chi connectivity index (χ3v) is 6.37. The van der Waals surface area contributed by atoms with Crippen LogP contribution in [0.25, 0.3) is 10.8 Å². The van der Waals surface area contributed by atoms with E-state index >= 15 is 0 Å². The van der Waals surface area contributed by atoms with Crippen molar-refractivity contribution >= 4 is 39.3 Å². The molecule has 1 unspecified atom stereocenters. The van der Waals surface area contributed by atoms with Crippen LogP contribution in [0.4, 0.5) is 0 Å². The summed E-state index contributed by atoms with van der Waals surface area (Å²) in [6.45, 7) is -0.188. The predicted octanol–water partition coefficient (Wildman–Crippen LogP) is 2.97. The van der Waals surface area contributed by atoms with Crippen LogP contribution in [0, 0.1) is 8.99 Å². The molecule has 2 aromatic rings. The van der Waals surface area contributed by atoms with Crippen LogP contribution in [0.5, 0.6) is 0 Å². The molecule has 0 amide bonds. The lowest BCUT2D eigenvalue weighted by Crippen LogP contribution is -2.36. The van der Waals surface area contributed by atoms with Crippen molar-refractivity contribution in [2.45, 2.75) is 31.6 Å². The molecule has 0 spiro atoms. The fraction of sp³-hybridized carbons (Fsp3) is 0.444. The maximum Gasteiger partial charge on any atom is 0.314 e. The number of nitrogens with zero attached hydrogens (tertiary/aromatic N) is 1. The van der Waals surface area contributed by atoms with Crippen molar-refractivity contribution in [1.82, 2.24) is 4.98 Å². The minimum atomic E-state index is -0.832. The standard InChI is InChI=1S/C18H18INO3/c1-23-17(22)18(9-21)6-11-4-12-8-20-15(10-2-3-10)5-13(12)16(19)14(11)7-18/h4-5,8,10,21H,2-3,6-7,9H2,1H3. The molecule has 1 heterocycles. The van der Waals surface area contributed by atoms with Gasteiger partial charge in [0.2, 0.25) is 0 Å². The van der Waals surface area contributed by atoms with Gasteiger partial charge in [0.05, 0.1) is 19.1 Å². The van der Waals surface area contributed by atoms with Crippen molar-refractivity contribution in [2.24, 2.45) is 5.41 Å². The zero-order valence-corrected chi connectivity index (χ0v) is 15.1. The number of rotatable bonds is 3. The molecule has 0 saturated heterocycles. The Bertz CT molecular complexity index is 816. The smallest absolute Gasteiger partial charge is 0.314 e. The van der Waals surface area contributed by atoms with Gasteiger partial charge in [0, 0.05) is 26.8 Å². The first-order valence-electron chi connectivity index (χ1n) is 7.87. The number of ether oxygens (including phenoxy) is 1. The van der Waals surface area contributed by atoms with Crippen LogP contribution >= 0.6 is 22.6 Å². The quantitative estimate of drug-likeness (QED) is 0.610. The molecule has 1 aromatic heterocycles. The van der Waals surface area contributed by atoms with Crippen LogP contribution in [0.2, 0.25) is 0 Å². The van der Waals surface area contributed by atoms with E-state index in [9.17, 15) is 9.90 Å². The van der Waals surface area contributed by atoms with E-state index in [4.69, 9.17) is 4.74 Å². The molecule has 4 nitrogen and oxygen atoms in total. The topological polar surface area (TPSA) is 59.4 Å². The van der Waals surface area contributed by atoms with E-state index in [2.05, 4.69) is 39.7 Å². The van der Waals surface area contributed by atoms with Gasteiger partial charge in [-0.2, -0.15) is 0 Å². The van der Waals surface area contributed by atoms with Crippen molar-refractivity contribution in [3.63, 3.8) is 0 Å². The Hall–Kier alpha value is -1.21. The highest BCUT2D eigenvalue weighted by atomic mass is 127. The van der Waals surface area contributed by atoms with E-state index in [0.717, 1.165) is 10.9 Å². The molecule has 1 fully saturated rings. The Kier molecular flexibility index (Phi) is 3.61. The van der Waals surface area contributed by atoms with Crippen molar-refractivity contribution in [2.75, 3.05) is 13.7 Å². The number of carbonyl (C=O) groups is 1. The van der Waals surface area contributed by atoms with Gasteiger partial charge in [-0.25, -0.2) is 0 Å².